The lowest BCUT2D eigenvalue weighted by molar-refractivity contribution is -0.194. The Kier molecular flexibility index (Phi) is 6.12. The summed E-state index contributed by atoms with van der Waals surface area (Å²) < 4.78 is 5.49. The van der Waals surface area contributed by atoms with Gasteiger partial charge in [0.2, 0.25) is 12.1 Å². The number of carbonyl (C=O) groups is 2. The highest BCUT2D eigenvalue weighted by Gasteiger charge is 2.42. The monoisotopic (exact) mass is 246 g/mol. The van der Waals surface area contributed by atoms with Gasteiger partial charge in [0.25, 0.3) is 0 Å². The van der Waals surface area contributed by atoms with Crippen LogP contribution in [0.5, 0.6) is 0 Å². The van der Waals surface area contributed by atoms with Crippen LogP contribution in [0, 0.1) is 0 Å². The van der Waals surface area contributed by atoms with Gasteiger partial charge in [-0.3, -0.25) is 4.79 Å². The molecule has 1 atom stereocenters. The number of carboxylic acid groups (broad SMARTS) is 1. The molecule has 0 radical (unpaired) electrons. The van der Waals surface area contributed by atoms with E-state index in [2.05, 4.69) is 5.32 Å². The van der Waals surface area contributed by atoms with Crippen LogP contribution in [-0.2, 0) is 14.3 Å². The maximum absolute atomic E-state index is 11.3. The predicted octanol–water partition coefficient (Wildman–Crippen LogP) is 0.457. The molecule has 100 valence electrons. The average Bonchev–Trinajstić information content (AvgIpc) is 2.15. The van der Waals surface area contributed by atoms with Gasteiger partial charge in [0.15, 0.2) is 0 Å². The van der Waals surface area contributed by atoms with Crippen LogP contribution in [0.4, 0.5) is 0 Å². The summed E-state index contributed by atoms with van der Waals surface area (Å²) in [5.41, 5.74) is 3.02. The van der Waals surface area contributed by atoms with Crippen LogP contribution in [0.1, 0.15) is 40.0 Å². The van der Waals surface area contributed by atoms with E-state index in [1.165, 1.54) is 0 Å². The highest BCUT2D eigenvalue weighted by Crippen LogP contribution is 2.23. The number of hydrogen-bond acceptors (Lipinski definition) is 4. The van der Waals surface area contributed by atoms with Gasteiger partial charge in [-0.2, -0.15) is 0 Å². The molecule has 6 heteroatoms. The Hall–Kier alpha value is -1.14. The minimum absolute atomic E-state index is 0.190. The molecule has 0 bridgehead atoms. The summed E-state index contributed by atoms with van der Waals surface area (Å²) in [6.45, 7) is 5.69. The Morgan fingerprint density at radius 1 is 1.41 bits per heavy atom. The number of rotatable bonds is 8. The number of amides is 1. The van der Waals surface area contributed by atoms with Gasteiger partial charge in [-0.1, -0.05) is 0 Å². The summed E-state index contributed by atoms with van der Waals surface area (Å²) in [6, 6.07) is 0. The predicted molar refractivity (Wildman–Crippen MR) is 63.3 cm³/mol. The fourth-order valence-electron chi connectivity index (χ4n) is 1.50. The van der Waals surface area contributed by atoms with E-state index in [-0.39, 0.29) is 6.42 Å². The molecule has 0 aliphatic heterocycles. The van der Waals surface area contributed by atoms with Gasteiger partial charge < -0.3 is 20.9 Å². The first kappa shape index (κ1) is 15.9. The van der Waals surface area contributed by atoms with Crippen LogP contribution in [0.15, 0.2) is 0 Å². The summed E-state index contributed by atoms with van der Waals surface area (Å²) in [4.78, 5) is 21.9. The SMILES string of the molecule is CC(C)(C)O[C@@](CCCCN)(NC=O)C(=O)O. The van der Waals surface area contributed by atoms with Crippen molar-refractivity contribution in [2.45, 2.75) is 51.4 Å². The van der Waals surface area contributed by atoms with E-state index in [1.807, 2.05) is 0 Å². The van der Waals surface area contributed by atoms with Gasteiger partial charge in [-0.05, 0) is 40.2 Å². The van der Waals surface area contributed by atoms with E-state index in [0.29, 0.717) is 25.8 Å². The lowest BCUT2D eigenvalue weighted by atomic mass is 10.0. The quantitative estimate of drug-likeness (QED) is 0.328. The molecule has 17 heavy (non-hydrogen) atoms. The number of ether oxygens (including phenoxy) is 1. The number of nitrogens with two attached hydrogens (primary N) is 1. The zero-order valence-corrected chi connectivity index (χ0v) is 10.7. The van der Waals surface area contributed by atoms with Crippen LogP contribution in [-0.4, -0.2) is 35.4 Å². The van der Waals surface area contributed by atoms with Gasteiger partial charge in [0, 0.05) is 6.42 Å². The zero-order valence-electron chi connectivity index (χ0n) is 10.7. The number of hydrogen-bond donors (Lipinski definition) is 3. The van der Waals surface area contributed by atoms with Crippen molar-refractivity contribution in [1.29, 1.82) is 0 Å². The van der Waals surface area contributed by atoms with Crippen LogP contribution >= 0.6 is 0 Å². The lowest BCUT2D eigenvalue weighted by Gasteiger charge is -2.35. The smallest absolute Gasteiger partial charge is 0.357 e. The van der Waals surface area contributed by atoms with Crippen LogP contribution < -0.4 is 11.1 Å². The molecule has 0 fully saturated rings. The first-order valence-corrected chi connectivity index (χ1v) is 5.62. The molecule has 0 saturated carbocycles. The third kappa shape index (κ3) is 5.65. The van der Waals surface area contributed by atoms with E-state index in [4.69, 9.17) is 10.5 Å². The lowest BCUT2D eigenvalue weighted by Crippen LogP contribution is -2.57. The van der Waals surface area contributed by atoms with Gasteiger partial charge in [-0.15, -0.1) is 0 Å². The van der Waals surface area contributed by atoms with Gasteiger partial charge in [0.05, 0.1) is 5.60 Å². The van der Waals surface area contributed by atoms with Crippen LogP contribution in [0.25, 0.3) is 0 Å². The van der Waals surface area contributed by atoms with Crippen molar-refractivity contribution in [2.75, 3.05) is 6.54 Å². The van der Waals surface area contributed by atoms with Crippen LogP contribution in [0.3, 0.4) is 0 Å². The molecule has 0 heterocycles. The number of nitrogens with one attached hydrogen (secondary N) is 1. The summed E-state index contributed by atoms with van der Waals surface area (Å²) in [5, 5.41) is 11.5. The van der Waals surface area contributed by atoms with E-state index in [1.54, 1.807) is 20.8 Å². The van der Waals surface area contributed by atoms with Crippen molar-refractivity contribution in [1.82, 2.24) is 5.32 Å². The molecule has 0 saturated heterocycles. The molecule has 4 N–H and O–H groups in total. The van der Waals surface area contributed by atoms with E-state index in [9.17, 15) is 14.7 Å². The number of carbonyl (C=O) groups excluding carboxylic acids is 1. The Balaban J connectivity index is 4.85. The molecule has 0 unspecified atom stereocenters. The summed E-state index contributed by atoms with van der Waals surface area (Å²) in [7, 11) is 0. The standard InChI is InChI=1S/C11H22N2O4/c1-10(2,3)17-11(9(15)16,13-8-14)6-4-5-7-12/h8H,4-7,12H2,1-3H3,(H,13,14)(H,15,16)/t11-/m1/s1. The van der Waals surface area contributed by atoms with E-state index in [0.717, 1.165) is 0 Å². The molecule has 0 rings (SSSR count). The molecule has 6 nitrogen and oxygen atoms in total. The first-order valence-electron chi connectivity index (χ1n) is 5.62. The molecular weight excluding hydrogens is 224 g/mol. The van der Waals surface area contributed by atoms with Crippen molar-refractivity contribution >= 4 is 12.4 Å². The van der Waals surface area contributed by atoms with Crippen molar-refractivity contribution < 1.29 is 19.4 Å². The van der Waals surface area contributed by atoms with Gasteiger partial charge in [-0.25, -0.2) is 4.79 Å². The fourth-order valence-corrected chi connectivity index (χ4v) is 1.50. The highest BCUT2D eigenvalue weighted by atomic mass is 16.6. The fraction of sp³-hybridized carbons (Fsp3) is 0.818. The third-order valence-corrected chi connectivity index (χ3v) is 2.10. The van der Waals surface area contributed by atoms with Crippen molar-refractivity contribution in [3.05, 3.63) is 0 Å². The number of carboxylic acids is 1. The van der Waals surface area contributed by atoms with Crippen molar-refractivity contribution in [3.63, 3.8) is 0 Å². The topological polar surface area (TPSA) is 102 Å². The second kappa shape index (κ2) is 6.56. The third-order valence-electron chi connectivity index (χ3n) is 2.10. The average molecular weight is 246 g/mol. The molecule has 0 aromatic heterocycles. The second-order valence-electron chi connectivity index (χ2n) is 4.85. The molecule has 0 aromatic rings. The summed E-state index contributed by atoms with van der Waals surface area (Å²) in [6.07, 6.45) is 1.79. The van der Waals surface area contributed by atoms with Crippen molar-refractivity contribution in [2.24, 2.45) is 5.73 Å². The maximum Gasteiger partial charge on any atom is 0.357 e. The molecule has 1 amide bonds. The highest BCUT2D eigenvalue weighted by molar-refractivity contribution is 5.79. The maximum atomic E-state index is 11.3. The Bertz CT molecular complexity index is 263. The Morgan fingerprint density at radius 3 is 2.35 bits per heavy atom. The molecule has 0 aliphatic rings. The van der Waals surface area contributed by atoms with E-state index >= 15 is 0 Å². The second-order valence-corrected chi connectivity index (χ2v) is 4.85. The summed E-state index contributed by atoms with van der Waals surface area (Å²) in [5.74, 6) is -1.20. The minimum atomic E-state index is -1.67. The van der Waals surface area contributed by atoms with Crippen LogP contribution in [0.2, 0.25) is 0 Å². The minimum Gasteiger partial charge on any atom is -0.478 e. The largest absolute Gasteiger partial charge is 0.478 e. The number of unbranched alkanes of at least 4 members (excludes halogenated alkanes) is 1. The Labute approximate surface area is 102 Å². The molecular formula is C11H22N2O4. The van der Waals surface area contributed by atoms with Crippen molar-refractivity contribution in [3.8, 4) is 0 Å². The number of aliphatic carboxylic acids is 1. The van der Waals surface area contributed by atoms with E-state index < -0.39 is 17.3 Å². The first-order chi connectivity index (χ1) is 7.77. The molecule has 0 aromatic carbocycles. The zero-order chi connectivity index (χ0) is 13.5. The normalized spacial score (nSPS) is 15.1. The molecule has 0 spiro atoms. The Morgan fingerprint density at radius 2 is 2.00 bits per heavy atom. The van der Waals surface area contributed by atoms with Gasteiger partial charge >= 0.3 is 5.97 Å². The van der Waals surface area contributed by atoms with Gasteiger partial charge in [0.1, 0.15) is 0 Å². The molecule has 0 aliphatic carbocycles. The summed E-state index contributed by atoms with van der Waals surface area (Å²) >= 11 is 0.